The summed E-state index contributed by atoms with van der Waals surface area (Å²) >= 11 is 0. The van der Waals surface area contributed by atoms with E-state index in [0.717, 1.165) is 13.1 Å². The van der Waals surface area contributed by atoms with Crippen LogP contribution < -0.4 is 17.7 Å². The van der Waals surface area contributed by atoms with E-state index in [4.69, 9.17) is 5.39 Å². The Morgan fingerprint density at radius 3 is 1.86 bits per heavy atom. The summed E-state index contributed by atoms with van der Waals surface area (Å²) in [5.41, 5.74) is 0.590. The largest absolute Gasteiger partial charge is 1.00 e. The average Bonchev–Trinajstić information content (AvgIpc) is 2.21. The molecule has 0 unspecified atom stereocenters. The van der Waals surface area contributed by atoms with Gasteiger partial charge in [-0.05, 0) is 13.1 Å². The standard InChI is InChI=1S/C6H5N2.C4H11N.ClH/c7-8-6-4-2-1-3-5-6;1-3-5-4-2;/h1-5H;5H,3-4H2,1-2H3;1H/q+1;;/p-1. The molecule has 0 saturated carbocycles. The second-order valence-corrected chi connectivity index (χ2v) is 2.39. The fraction of sp³-hybridized carbons (Fsp3) is 0.400. The highest BCUT2D eigenvalue weighted by atomic mass is 35.5. The molecular weight excluding hydrogens is 198 g/mol. The van der Waals surface area contributed by atoms with Gasteiger partial charge < -0.3 is 17.7 Å². The molecule has 1 N–H and O–H groups in total. The van der Waals surface area contributed by atoms with Crippen LogP contribution in [0.4, 0.5) is 5.69 Å². The molecule has 1 rings (SSSR count). The van der Waals surface area contributed by atoms with Crippen LogP contribution in [-0.2, 0) is 0 Å². The van der Waals surface area contributed by atoms with Crippen molar-refractivity contribution in [3.05, 3.63) is 35.3 Å². The van der Waals surface area contributed by atoms with Crippen molar-refractivity contribution in [2.75, 3.05) is 13.1 Å². The van der Waals surface area contributed by atoms with Crippen molar-refractivity contribution in [3.8, 4) is 0 Å². The SMILES string of the molecule is CCNCC.N#[N+]c1ccccc1.[Cl-]. The Kier molecular flexibility index (Phi) is 13.1. The Labute approximate surface area is 91.6 Å². The maximum Gasteiger partial charge on any atom is 0.385 e. The van der Waals surface area contributed by atoms with Crippen molar-refractivity contribution in [1.29, 1.82) is 5.39 Å². The molecule has 0 saturated heterocycles. The molecule has 0 heterocycles. The minimum atomic E-state index is 0. The van der Waals surface area contributed by atoms with Gasteiger partial charge in [-0.25, -0.2) is 0 Å². The molecule has 1 aromatic rings. The summed E-state index contributed by atoms with van der Waals surface area (Å²) in [7, 11) is 0. The van der Waals surface area contributed by atoms with Crippen LogP contribution in [0.1, 0.15) is 13.8 Å². The van der Waals surface area contributed by atoms with Gasteiger partial charge in [0.15, 0.2) is 4.98 Å². The minimum absolute atomic E-state index is 0. The summed E-state index contributed by atoms with van der Waals surface area (Å²) < 4.78 is 0. The van der Waals surface area contributed by atoms with E-state index < -0.39 is 0 Å². The van der Waals surface area contributed by atoms with E-state index in [1.807, 2.05) is 18.2 Å². The third-order valence-electron chi connectivity index (χ3n) is 1.37. The van der Waals surface area contributed by atoms with Crippen molar-refractivity contribution in [2.24, 2.45) is 0 Å². The Balaban J connectivity index is 0. The Bertz CT molecular complexity index is 241. The van der Waals surface area contributed by atoms with Crippen LogP contribution in [0.2, 0.25) is 0 Å². The molecule has 0 aliphatic rings. The topological polar surface area (TPSA) is 40.2 Å². The van der Waals surface area contributed by atoms with E-state index in [0.29, 0.717) is 5.69 Å². The summed E-state index contributed by atoms with van der Waals surface area (Å²) in [6, 6.07) is 8.94. The van der Waals surface area contributed by atoms with Crippen molar-refractivity contribution < 1.29 is 12.4 Å². The Morgan fingerprint density at radius 1 is 1.14 bits per heavy atom. The normalized spacial score (nSPS) is 7.50. The lowest BCUT2D eigenvalue weighted by Gasteiger charge is -1.86. The van der Waals surface area contributed by atoms with Gasteiger partial charge in [-0.1, -0.05) is 32.0 Å². The fourth-order valence-electron chi connectivity index (χ4n) is 0.745. The molecule has 4 heteroatoms. The van der Waals surface area contributed by atoms with Gasteiger partial charge in [0, 0.05) is 12.1 Å². The summed E-state index contributed by atoms with van der Waals surface area (Å²) in [5.74, 6) is 0. The molecule has 0 fully saturated rings. The number of hydrogen-bond acceptors (Lipinski definition) is 2. The van der Waals surface area contributed by atoms with Gasteiger partial charge in [-0.3, -0.25) is 0 Å². The van der Waals surface area contributed by atoms with Crippen LogP contribution in [0.5, 0.6) is 0 Å². The number of hydrogen-bond donors (Lipinski definition) is 1. The van der Waals surface area contributed by atoms with Crippen molar-refractivity contribution >= 4 is 5.69 Å². The highest BCUT2D eigenvalue weighted by Crippen LogP contribution is 2.07. The van der Waals surface area contributed by atoms with E-state index in [1.54, 1.807) is 12.1 Å². The molecule has 78 valence electrons. The van der Waals surface area contributed by atoms with Crippen LogP contribution in [-0.4, -0.2) is 13.1 Å². The van der Waals surface area contributed by atoms with Crippen LogP contribution >= 0.6 is 0 Å². The van der Waals surface area contributed by atoms with Crippen molar-refractivity contribution in [2.45, 2.75) is 13.8 Å². The molecule has 3 nitrogen and oxygen atoms in total. The maximum atomic E-state index is 8.16. The predicted molar refractivity (Wildman–Crippen MR) is 55.4 cm³/mol. The lowest BCUT2D eigenvalue weighted by atomic mass is 10.3. The zero-order chi connectivity index (χ0) is 9.94. The number of benzene rings is 1. The third kappa shape index (κ3) is 8.98. The van der Waals surface area contributed by atoms with Crippen molar-refractivity contribution in [1.82, 2.24) is 5.32 Å². The summed E-state index contributed by atoms with van der Waals surface area (Å²) in [6.07, 6.45) is 0. The first-order valence-electron chi connectivity index (χ1n) is 4.46. The summed E-state index contributed by atoms with van der Waals surface area (Å²) in [4.78, 5) is 2.97. The van der Waals surface area contributed by atoms with Crippen LogP contribution in [0.15, 0.2) is 30.3 Å². The summed E-state index contributed by atoms with van der Waals surface area (Å²) in [6.45, 7) is 6.39. The molecule has 0 aromatic heterocycles. The average molecular weight is 214 g/mol. The number of nitrogens with one attached hydrogen (secondary N) is 1. The predicted octanol–water partition coefficient (Wildman–Crippen LogP) is -0.209. The van der Waals surface area contributed by atoms with Gasteiger partial charge in [0.2, 0.25) is 5.39 Å². The maximum absolute atomic E-state index is 8.16. The number of diazo groups is 1. The van der Waals surface area contributed by atoms with Crippen LogP contribution in [0.25, 0.3) is 4.98 Å². The van der Waals surface area contributed by atoms with Gasteiger partial charge in [0.25, 0.3) is 0 Å². The molecule has 14 heavy (non-hydrogen) atoms. The second kappa shape index (κ2) is 11.9. The number of halogens is 1. The van der Waals surface area contributed by atoms with Gasteiger partial charge in [0.05, 0.1) is 0 Å². The first-order chi connectivity index (χ1) is 6.35. The van der Waals surface area contributed by atoms with Gasteiger partial charge in [0.1, 0.15) is 0 Å². The van der Waals surface area contributed by atoms with E-state index in [2.05, 4.69) is 24.1 Å². The highest BCUT2D eigenvalue weighted by molar-refractivity contribution is 5.42. The number of rotatable bonds is 2. The molecule has 0 spiro atoms. The lowest BCUT2D eigenvalue weighted by molar-refractivity contribution is -0.00000313. The summed E-state index contributed by atoms with van der Waals surface area (Å²) in [5, 5.41) is 11.3. The zero-order valence-electron chi connectivity index (χ0n) is 8.57. The van der Waals surface area contributed by atoms with Crippen LogP contribution in [0.3, 0.4) is 0 Å². The minimum Gasteiger partial charge on any atom is -1.00 e. The highest BCUT2D eigenvalue weighted by Gasteiger charge is 1.95. The van der Waals surface area contributed by atoms with E-state index in [9.17, 15) is 0 Å². The molecular formula is C10H16ClN3. The third-order valence-corrected chi connectivity index (χ3v) is 1.37. The molecule has 0 aliphatic heterocycles. The monoisotopic (exact) mass is 213 g/mol. The molecule has 0 atom stereocenters. The molecule has 0 radical (unpaired) electrons. The first-order valence-corrected chi connectivity index (χ1v) is 4.46. The Hall–Kier alpha value is -1.11. The smallest absolute Gasteiger partial charge is 0.385 e. The quantitative estimate of drug-likeness (QED) is 0.691. The van der Waals surface area contributed by atoms with Crippen molar-refractivity contribution in [3.63, 3.8) is 0 Å². The molecule has 0 bridgehead atoms. The van der Waals surface area contributed by atoms with E-state index >= 15 is 0 Å². The molecule has 0 amide bonds. The Morgan fingerprint density at radius 2 is 1.64 bits per heavy atom. The molecule has 0 aliphatic carbocycles. The fourth-order valence-corrected chi connectivity index (χ4v) is 0.745. The van der Waals surface area contributed by atoms with Crippen LogP contribution in [0, 0.1) is 5.39 Å². The van der Waals surface area contributed by atoms with E-state index in [-0.39, 0.29) is 12.4 Å². The number of nitrogens with zero attached hydrogens (tertiary/aromatic N) is 2. The second-order valence-electron chi connectivity index (χ2n) is 2.39. The first kappa shape index (κ1) is 15.4. The zero-order valence-corrected chi connectivity index (χ0v) is 9.33. The lowest BCUT2D eigenvalue weighted by Crippen LogP contribution is -3.00. The van der Waals surface area contributed by atoms with Gasteiger partial charge in [-0.2, -0.15) is 0 Å². The van der Waals surface area contributed by atoms with E-state index in [1.165, 1.54) is 0 Å². The van der Waals surface area contributed by atoms with Gasteiger partial charge in [-0.15, -0.1) is 0 Å². The van der Waals surface area contributed by atoms with Gasteiger partial charge >= 0.3 is 5.69 Å². The molecule has 1 aromatic carbocycles.